The van der Waals surface area contributed by atoms with Crippen molar-refractivity contribution in [3.8, 4) is 0 Å². The number of carbonyl (C=O) groups excluding carboxylic acids is 1. The molecular weight excluding hydrogens is 316 g/mol. The molecule has 0 unspecified atom stereocenters. The Morgan fingerprint density at radius 2 is 1.90 bits per heavy atom. The van der Waals surface area contributed by atoms with Gasteiger partial charge in [0.1, 0.15) is 11.6 Å². The Hall–Kier alpha value is -1.85. The van der Waals surface area contributed by atoms with Gasteiger partial charge in [-0.25, -0.2) is 9.37 Å². The van der Waals surface area contributed by atoms with Gasteiger partial charge in [-0.05, 0) is 30.7 Å². The van der Waals surface area contributed by atoms with Crippen LogP contribution in [0.3, 0.4) is 0 Å². The third-order valence-corrected chi connectivity index (χ3v) is 3.36. The number of nitrogens with one attached hydrogen (secondary N) is 1. The van der Waals surface area contributed by atoms with Crippen molar-refractivity contribution in [1.29, 1.82) is 0 Å². The average Bonchev–Trinajstić information content (AvgIpc) is 2.41. The summed E-state index contributed by atoms with van der Waals surface area (Å²) in [6.07, 6.45) is 0.642. The quantitative estimate of drug-likeness (QED) is 0.897. The summed E-state index contributed by atoms with van der Waals surface area (Å²) in [5.41, 5.74) is 6.82. The minimum absolute atomic E-state index is 0.0195. The van der Waals surface area contributed by atoms with E-state index in [4.69, 9.17) is 28.9 Å². The van der Waals surface area contributed by atoms with Gasteiger partial charge in [0.05, 0.1) is 15.7 Å². The van der Waals surface area contributed by atoms with Crippen LogP contribution in [0.2, 0.25) is 10.0 Å². The summed E-state index contributed by atoms with van der Waals surface area (Å²) in [5, 5.41) is 2.59. The molecule has 4 nitrogen and oxygen atoms in total. The van der Waals surface area contributed by atoms with Crippen molar-refractivity contribution < 1.29 is 9.18 Å². The van der Waals surface area contributed by atoms with Gasteiger partial charge in [0.15, 0.2) is 0 Å². The molecule has 110 valence electrons. The molecule has 3 N–H and O–H groups in total. The maximum absolute atomic E-state index is 13.1. The Kier molecular flexibility index (Phi) is 4.65. The van der Waals surface area contributed by atoms with E-state index in [1.807, 2.05) is 6.92 Å². The van der Waals surface area contributed by atoms with Crippen LogP contribution in [-0.2, 0) is 6.42 Å². The normalized spacial score (nSPS) is 10.5. The molecule has 0 fully saturated rings. The topological polar surface area (TPSA) is 68.0 Å². The molecule has 0 saturated heterocycles. The second kappa shape index (κ2) is 6.28. The fourth-order valence-electron chi connectivity index (χ4n) is 1.77. The van der Waals surface area contributed by atoms with Gasteiger partial charge in [-0.15, -0.1) is 0 Å². The molecular formula is C14H12Cl2FN3O. The molecule has 21 heavy (non-hydrogen) atoms. The Morgan fingerprint density at radius 3 is 2.48 bits per heavy atom. The van der Waals surface area contributed by atoms with Crippen LogP contribution in [0, 0.1) is 5.82 Å². The highest BCUT2D eigenvalue weighted by atomic mass is 35.5. The molecule has 0 spiro atoms. The van der Waals surface area contributed by atoms with Crippen LogP contribution in [0.25, 0.3) is 0 Å². The monoisotopic (exact) mass is 327 g/mol. The molecule has 2 aromatic rings. The molecule has 0 aliphatic carbocycles. The van der Waals surface area contributed by atoms with E-state index in [0.717, 1.165) is 12.1 Å². The first-order chi connectivity index (χ1) is 9.90. The number of anilines is 2. The number of amides is 1. The largest absolute Gasteiger partial charge is 0.384 e. The number of rotatable bonds is 3. The fraction of sp³-hybridized carbons (Fsp3) is 0.143. The Morgan fingerprint density at radius 1 is 1.29 bits per heavy atom. The number of hydrogen-bond acceptors (Lipinski definition) is 3. The number of nitrogens with zero attached hydrogens (tertiary/aromatic N) is 1. The lowest BCUT2D eigenvalue weighted by Gasteiger charge is -2.10. The molecule has 0 saturated carbocycles. The van der Waals surface area contributed by atoms with Crippen molar-refractivity contribution in [2.45, 2.75) is 13.3 Å². The number of benzene rings is 1. The standard InChI is InChI=1S/C14H12Cl2FN3O/c1-2-9-3-7(4-12(18)19-9)14(21)20-13-10(15)5-8(17)6-11(13)16/h3-6H,2H2,1H3,(H2,18,19)(H,20,21). The van der Waals surface area contributed by atoms with E-state index in [-0.39, 0.29) is 21.6 Å². The molecule has 1 aromatic heterocycles. The Bertz CT molecular complexity index is 684. The second-order valence-electron chi connectivity index (χ2n) is 4.32. The van der Waals surface area contributed by atoms with Gasteiger partial charge in [-0.3, -0.25) is 4.79 Å². The molecule has 1 amide bonds. The smallest absolute Gasteiger partial charge is 0.255 e. The van der Waals surface area contributed by atoms with Crippen molar-refractivity contribution in [2.24, 2.45) is 0 Å². The maximum Gasteiger partial charge on any atom is 0.255 e. The van der Waals surface area contributed by atoms with Crippen LogP contribution in [0.5, 0.6) is 0 Å². The van der Waals surface area contributed by atoms with Gasteiger partial charge < -0.3 is 11.1 Å². The van der Waals surface area contributed by atoms with E-state index in [2.05, 4.69) is 10.3 Å². The lowest BCUT2D eigenvalue weighted by Crippen LogP contribution is -2.14. The number of nitrogens with two attached hydrogens (primary N) is 1. The minimum atomic E-state index is -0.579. The Balaban J connectivity index is 2.32. The lowest BCUT2D eigenvalue weighted by atomic mass is 10.1. The molecule has 0 bridgehead atoms. The number of aryl methyl sites for hydroxylation is 1. The molecule has 0 aliphatic rings. The number of halogens is 3. The van der Waals surface area contributed by atoms with Gasteiger partial charge in [0, 0.05) is 11.3 Å². The van der Waals surface area contributed by atoms with Crippen LogP contribution < -0.4 is 11.1 Å². The van der Waals surface area contributed by atoms with Crippen molar-refractivity contribution in [3.05, 3.63) is 51.4 Å². The zero-order chi connectivity index (χ0) is 15.6. The van der Waals surface area contributed by atoms with E-state index in [9.17, 15) is 9.18 Å². The number of pyridine rings is 1. The van der Waals surface area contributed by atoms with Gasteiger partial charge in [-0.1, -0.05) is 30.1 Å². The first-order valence-electron chi connectivity index (χ1n) is 6.13. The van der Waals surface area contributed by atoms with Gasteiger partial charge in [0.2, 0.25) is 0 Å². The van der Waals surface area contributed by atoms with Crippen LogP contribution >= 0.6 is 23.2 Å². The van der Waals surface area contributed by atoms with Gasteiger partial charge in [0.25, 0.3) is 5.91 Å². The Labute approximate surface area is 131 Å². The summed E-state index contributed by atoms with van der Waals surface area (Å²) in [7, 11) is 0. The molecule has 0 atom stereocenters. The molecule has 1 heterocycles. The van der Waals surface area contributed by atoms with Crippen LogP contribution in [-0.4, -0.2) is 10.9 Å². The highest BCUT2D eigenvalue weighted by molar-refractivity contribution is 6.40. The first-order valence-corrected chi connectivity index (χ1v) is 6.88. The summed E-state index contributed by atoms with van der Waals surface area (Å²) < 4.78 is 13.1. The van der Waals surface area contributed by atoms with Gasteiger partial charge >= 0.3 is 0 Å². The van der Waals surface area contributed by atoms with Gasteiger partial charge in [-0.2, -0.15) is 0 Å². The molecule has 1 aromatic carbocycles. The highest BCUT2D eigenvalue weighted by Crippen LogP contribution is 2.31. The number of hydrogen-bond donors (Lipinski definition) is 2. The summed E-state index contributed by atoms with van der Waals surface area (Å²) >= 11 is 11.8. The van der Waals surface area contributed by atoms with Crippen LogP contribution in [0.1, 0.15) is 23.0 Å². The summed E-state index contributed by atoms with van der Waals surface area (Å²) in [5.74, 6) is -0.783. The van der Waals surface area contributed by atoms with Crippen molar-refractivity contribution in [3.63, 3.8) is 0 Å². The van der Waals surface area contributed by atoms with E-state index in [1.54, 1.807) is 6.07 Å². The van der Waals surface area contributed by atoms with E-state index in [1.165, 1.54) is 6.07 Å². The molecule has 0 aliphatic heterocycles. The fourth-order valence-corrected chi connectivity index (χ4v) is 2.33. The SMILES string of the molecule is CCc1cc(C(=O)Nc2c(Cl)cc(F)cc2Cl)cc(N)n1. The molecule has 7 heteroatoms. The third kappa shape index (κ3) is 3.62. The second-order valence-corrected chi connectivity index (χ2v) is 5.14. The van der Waals surface area contributed by atoms with Crippen LogP contribution in [0.4, 0.5) is 15.9 Å². The van der Waals surface area contributed by atoms with E-state index >= 15 is 0 Å². The third-order valence-electron chi connectivity index (χ3n) is 2.77. The van der Waals surface area contributed by atoms with Crippen molar-refractivity contribution in [2.75, 3.05) is 11.1 Å². The zero-order valence-corrected chi connectivity index (χ0v) is 12.6. The predicted octanol–water partition coefficient (Wildman–Crippen LogP) is 3.92. The van der Waals surface area contributed by atoms with E-state index < -0.39 is 11.7 Å². The summed E-state index contributed by atoms with van der Waals surface area (Å²) in [6.45, 7) is 1.90. The van der Waals surface area contributed by atoms with E-state index in [0.29, 0.717) is 17.7 Å². The number of nitrogen functional groups attached to an aromatic ring is 1. The zero-order valence-electron chi connectivity index (χ0n) is 11.1. The summed E-state index contributed by atoms with van der Waals surface area (Å²) in [4.78, 5) is 16.3. The lowest BCUT2D eigenvalue weighted by molar-refractivity contribution is 0.102. The highest BCUT2D eigenvalue weighted by Gasteiger charge is 2.14. The minimum Gasteiger partial charge on any atom is -0.384 e. The number of aromatic nitrogens is 1. The predicted molar refractivity (Wildman–Crippen MR) is 82.4 cm³/mol. The number of carbonyl (C=O) groups is 1. The first kappa shape index (κ1) is 15.5. The molecule has 2 rings (SSSR count). The van der Waals surface area contributed by atoms with Crippen molar-refractivity contribution >= 4 is 40.6 Å². The molecule has 0 radical (unpaired) electrons. The summed E-state index contributed by atoms with van der Waals surface area (Å²) in [6, 6.07) is 5.21. The average molecular weight is 328 g/mol. The maximum atomic E-state index is 13.1. The van der Waals surface area contributed by atoms with Crippen molar-refractivity contribution in [1.82, 2.24) is 4.98 Å². The van der Waals surface area contributed by atoms with Crippen LogP contribution in [0.15, 0.2) is 24.3 Å².